The number of nitrogens with zero attached hydrogens (tertiary/aromatic N) is 2. The molecule has 0 saturated heterocycles. The molecule has 0 spiro atoms. The summed E-state index contributed by atoms with van der Waals surface area (Å²) >= 11 is 1.77. The number of carbonyl (C=O) groups is 1. The van der Waals surface area contributed by atoms with E-state index in [4.69, 9.17) is 0 Å². The highest BCUT2D eigenvalue weighted by molar-refractivity contribution is 14.0. The number of amides is 1. The summed E-state index contributed by atoms with van der Waals surface area (Å²) in [6.07, 6.45) is 10.9. The number of carbonyl (C=O) groups excluding carboxylic acids is 1. The lowest BCUT2D eigenvalue weighted by molar-refractivity contribution is -0.122. The van der Waals surface area contributed by atoms with Crippen LogP contribution in [0.1, 0.15) is 62.3 Å². The van der Waals surface area contributed by atoms with Gasteiger partial charge in [-0.05, 0) is 32.1 Å². The molecule has 1 saturated carbocycles. The van der Waals surface area contributed by atoms with Gasteiger partial charge in [0.2, 0.25) is 5.91 Å². The molecule has 1 aromatic heterocycles. The van der Waals surface area contributed by atoms with Crippen LogP contribution in [0.5, 0.6) is 0 Å². The minimum absolute atomic E-state index is 0. The van der Waals surface area contributed by atoms with Crippen LogP contribution < -0.4 is 16.0 Å². The number of aromatic nitrogens is 1. The zero-order chi connectivity index (χ0) is 19.3. The van der Waals surface area contributed by atoms with Gasteiger partial charge in [-0.15, -0.1) is 35.3 Å². The standard InChI is InChI=1S/C20H35N5OS.HI/c1-3-17-15-25-19(27-17)10-11-23-20(21-4-2)24-13-12-22-18(26)14-16-8-6-5-7-9-16;/h15-16H,3-14H2,1-2H3,(H,22,26)(H2,21,23,24);1H. The molecule has 6 nitrogen and oxygen atoms in total. The summed E-state index contributed by atoms with van der Waals surface area (Å²) < 4.78 is 0. The molecule has 1 aliphatic carbocycles. The molecule has 1 fully saturated rings. The molecule has 3 N–H and O–H groups in total. The lowest BCUT2D eigenvalue weighted by Gasteiger charge is -2.20. The van der Waals surface area contributed by atoms with Gasteiger partial charge in [0.1, 0.15) is 0 Å². The average Bonchev–Trinajstić information content (AvgIpc) is 3.14. The number of rotatable bonds is 10. The van der Waals surface area contributed by atoms with Gasteiger partial charge in [0.15, 0.2) is 5.96 Å². The van der Waals surface area contributed by atoms with Crippen molar-refractivity contribution in [2.45, 2.75) is 65.2 Å². The lowest BCUT2D eigenvalue weighted by atomic mass is 9.87. The maximum atomic E-state index is 12.0. The van der Waals surface area contributed by atoms with Crippen molar-refractivity contribution in [3.63, 3.8) is 0 Å². The smallest absolute Gasteiger partial charge is 0.220 e. The van der Waals surface area contributed by atoms with Gasteiger partial charge in [-0.25, -0.2) is 4.98 Å². The molecular weight excluding hydrogens is 485 g/mol. The molecule has 0 aliphatic heterocycles. The highest BCUT2D eigenvalue weighted by atomic mass is 127. The predicted octanol–water partition coefficient (Wildman–Crippen LogP) is 3.51. The largest absolute Gasteiger partial charge is 0.357 e. The van der Waals surface area contributed by atoms with Crippen molar-refractivity contribution in [2.24, 2.45) is 10.9 Å². The SMILES string of the molecule is CCNC(=NCCc1ncc(CC)s1)NCCNC(=O)CC1CCCCC1.I. The number of halogens is 1. The van der Waals surface area contributed by atoms with Crippen molar-refractivity contribution in [3.8, 4) is 0 Å². The topological polar surface area (TPSA) is 78.4 Å². The normalized spacial score (nSPS) is 15.0. The average molecular weight is 522 g/mol. The first-order valence-corrected chi connectivity index (χ1v) is 11.2. The quantitative estimate of drug-likeness (QED) is 0.191. The second kappa shape index (κ2) is 15.0. The number of hydrogen-bond acceptors (Lipinski definition) is 4. The van der Waals surface area contributed by atoms with Crippen LogP contribution in [0.2, 0.25) is 0 Å². The molecule has 0 radical (unpaired) electrons. The lowest BCUT2D eigenvalue weighted by Crippen LogP contribution is -2.41. The molecule has 1 amide bonds. The Kier molecular flexibility index (Phi) is 13.5. The molecule has 0 atom stereocenters. The van der Waals surface area contributed by atoms with Crippen LogP contribution in [0, 0.1) is 5.92 Å². The Balaban J connectivity index is 0.00000392. The van der Waals surface area contributed by atoms with Crippen LogP contribution in [0.25, 0.3) is 0 Å². The molecule has 160 valence electrons. The molecule has 28 heavy (non-hydrogen) atoms. The first-order chi connectivity index (χ1) is 13.2. The highest BCUT2D eigenvalue weighted by Crippen LogP contribution is 2.25. The van der Waals surface area contributed by atoms with E-state index in [9.17, 15) is 4.79 Å². The summed E-state index contributed by atoms with van der Waals surface area (Å²) in [6, 6.07) is 0. The molecule has 8 heteroatoms. The van der Waals surface area contributed by atoms with Gasteiger partial charge in [0.05, 0.1) is 5.01 Å². The zero-order valence-corrected chi connectivity index (χ0v) is 20.4. The molecule has 2 rings (SSSR count). The summed E-state index contributed by atoms with van der Waals surface area (Å²) in [5.74, 6) is 1.57. The van der Waals surface area contributed by atoms with Gasteiger partial charge in [0, 0.05) is 50.1 Å². The van der Waals surface area contributed by atoms with Crippen LogP contribution in [0.3, 0.4) is 0 Å². The van der Waals surface area contributed by atoms with Crippen LogP contribution >= 0.6 is 35.3 Å². The van der Waals surface area contributed by atoms with Crippen LogP contribution in [0.15, 0.2) is 11.2 Å². The molecule has 1 heterocycles. The van der Waals surface area contributed by atoms with E-state index in [-0.39, 0.29) is 29.9 Å². The summed E-state index contributed by atoms with van der Waals surface area (Å²) in [4.78, 5) is 22.4. The fraction of sp³-hybridized carbons (Fsp3) is 0.750. The third-order valence-electron chi connectivity index (χ3n) is 4.83. The molecule has 1 aliphatic rings. The van der Waals surface area contributed by atoms with E-state index in [0.29, 0.717) is 32.0 Å². The van der Waals surface area contributed by atoms with E-state index < -0.39 is 0 Å². The summed E-state index contributed by atoms with van der Waals surface area (Å²) in [5.41, 5.74) is 0. The van der Waals surface area contributed by atoms with E-state index in [1.165, 1.54) is 37.0 Å². The fourth-order valence-corrected chi connectivity index (χ4v) is 4.19. The summed E-state index contributed by atoms with van der Waals surface area (Å²) in [6.45, 7) is 7.03. The van der Waals surface area contributed by atoms with Crippen molar-refractivity contribution in [1.29, 1.82) is 0 Å². The molecule has 1 aromatic rings. The second-order valence-electron chi connectivity index (χ2n) is 7.07. The third-order valence-corrected chi connectivity index (χ3v) is 6.03. The van der Waals surface area contributed by atoms with Crippen molar-refractivity contribution in [1.82, 2.24) is 20.9 Å². The molecule has 0 aromatic carbocycles. The van der Waals surface area contributed by atoms with Crippen LogP contribution in [0.4, 0.5) is 0 Å². The van der Waals surface area contributed by atoms with Crippen molar-refractivity contribution < 1.29 is 4.79 Å². The third kappa shape index (κ3) is 10.0. The van der Waals surface area contributed by atoms with Crippen LogP contribution in [-0.4, -0.2) is 43.0 Å². The Morgan fingerprint density at radius 2 is 1.93 bits per heavy atom. The van der Waals surface area contributed by atoms with Gasteiger partial charge in [-0.3, -0.25) is 9.79 Å². The number of thiazole rings is 1. The summed E-state index contributed by atoms with van der Waals surface area (Å²) in [5, 5.41) is 10.7. The van der Waals surface area contributed by atoms with E-state index in [2.05, 4.69) is 39.8 Å². The zero-order valence-electron chi connectivity index (χ0n) is 17.3. The Bertz CT molecular complexity index is 587. The van der Waals surface area contributed by atoms with Crippen molar-refractivity contribution in [2.75, 3.05) is 26.2 Å². The van der Waals surface area contributed by atoms with Gasteiger partial charge in [-0.2, -0.15) is 0 Å². The monoisotopic (exact) mass is 521 g/mol. The first-order valence-electron chi connectivity index (χ1n) is 10.4. The Hall–Kier alpha value is -0.900. The van der Waals surface area contributed by atoms with Gasteiger partial charge < -0.3 is 16.0 Å². The van der Waals surface area contributed by atoms with Gasteiger partial charge >= 0.3 is 0 Å². The van der Waals surface area contributed by atoms with E-state index >= 15 is 0 Å². The first kappa shape index (κ1) is 25.1. The summed E-state index contributed by atoms with van der Waals surface area (Å²) in [7, 11) is 0. The van der Waals surface area contributed by atoms with Crippen LogP contribution in [-0.2, 0) is 17.6 Å². The Morgan fingerprint density at radius 3 is 2.61 bits per heavy atom. The van der Waals surface area contributed by atoms with Crippen molar-refractivity contribution in [3.05, 3.63) is 16.1 Å². The Labute approximate surface area is 190 Å². The van der Waals surface area contributed by atoms with Gasteiger partial charge in [-0.1, -0.05) is 26.2 Å². The van der Waals surface area contributed by atoms with Crippen molar-refractivity contribution >= 4 is 47.2 Å². The molecule has 0 unspecified atom stereocenters. The predicted molar refractivity (Wildman–Crippen MR) is 129 cm³/mol. The molecular formula is C20H36IN5OS. The van der Waals surface area contributed by atoms with E-state index in [1.807, 2.05) is 6.20 Å². The van der Waals surface area contributed by atoms with E-state index in [0.717, 1.165) is 30.4 Å². The van der Waals surface area contributed by atoms with Gasteiger partial charge in [0.25, 0.3) is 0 Å². The maximum absolute atomic E-state index is 12.0. The van der Waals surface area contributed by atoms with E-state index in [1.54, 1.807) is 11.3 Å². The Morgan fingerprint density at radius 1 is 1.18 bits per heavy atom. The number of nitrogens with one attached hydrogen (secondary N) is 3. The number of hydrogen-bond donors (Lipinski definition) is 3. The number of aliphatic imine (C=N–C) groups is 1. The maximum Gasteiger partial charge on any atom is 0.220 e. The number of aryl methyl sites for hydroxylation is 1. The highest BCUT2D eigenvalue weighted by Gasteiger charge is 2.16. The fourth-order valence-electron chi connectivity index (χ4n) is 3.34. The second-order valence-corrected chi connectivity index (χ2v) is 8.27. The molecule has 0 bridgehead atoms. The number of guanidine groups is 1. The minimum atomic E-state index is 0. The minimum Gasteiger partial charge on any atom is -0.357 e.